The highest BCUT2D eigenvalue weighted by Crippen LogP contribution is 2.21. The SMILES string of the molecule is O=C(c1cc(O)[nH]c(=O)c1)N1CCN(c2cccc(Cl)c2)CC1. The molecule has 0 aliphatic carbocycles. The van der Waals surface area contributed by atoms with Crippen molar-refractivity contribution >= 4 is 23.2 Å². The number of piperazine rings is 1. The number of aromatic nitrogens is 1. The van der Waals surface area contributed by atoms with Crippen LogP contribution in [0.1, 0.15) is 10.4 Å². The topological polar surface area (TPSA) is 76.6 Å². The molecule has 0 spiro atoms. The number of aromatic amines is 1. The summed E-state index contributed by atoms with van der Waals surface area (Å²) in [5.74, 6) is -0.560. The fraction of sp³-hybridized carbons (Fsp3) is 0.250. The monoisotopic (exact) mass is 333 g/mol. The fourth-order valence-corrected chi connectivity index (χ4v) is 2.86. The number of carbonyl (C=O) groups excluding carboxylic acids is 1. The second-order valence-electron chi connectivity index (χ2n) is 5.38. The molecule has 23 heavy (non-hydrogen) atoms. The van der Waals surface area contributed by atoms with Crippen LogP contribution in [0.25, 0.3) is 0 Å². The van der Waals surface area contributed by atoms with Gasteiger partial charge in [0.25, 0.3) is 11.5 Å². The first-order chi connectivity index (χ1) is 11.0. The zero-order chi connectivity index (χ0) is 16.4. The van der Waals surface area contributed by atoms with Gasteiger partial charge in [0.1, 0.15) is 0 Å². The number of hydrogen-bond acceptors (Lipinski definition) is 4. The van der Waals surface area contributed by atoms with Crippen LogP contribution in [0.5, 0.6) is 5.88 Å². The van der Waals surface area contributed by atoms with Crippen LogP contribution in [0.4, 0.5) is 5.69 Å². The molecule has 0 bridgehead atoms. The number of benzene rings is 1. The highest BCUT2D eigenvalue weighted by Gasteiger charge is 2.23. The van der Waals surface area contributed by atoms with E-state index in [1.54, 1.807) is 4.90 Å². The van der Waals surface area contributed by atoms with E-state index in [-0.39, 0.29) is 17.4 Å². The molecular formula is C16H16ClN3O3. The summed E-state index contributed by atoms with van der Waals surface area (Å²) in [6.45, 7) is 2.44. The molecule has 1 fully saturated rings. The van der Waals surface area contributed by atoms with E-state index in [0.29, 0.717) is 31.2 Å². The molecule has 1 saturated heterocycles. The van der Waals surface area contributed by atoms with Crippen molar-refractivity contribution in [3.05, 3.63) is 57.3 Å². The van der Waals surface area contributed by atoms with Crippen LogP contribution in [0, 0.1) is 0 Å². The van der Waals surface area contributed by atoms with Gasteiger partial charge in [0.15, 0.2) is 5.88 Å². The van der Waals surface area contributed by atoms with Crippen molar-refractivity contribution in [2.75, 3.05) is 31.1 Å². The van der Waals surface area contributed by atoms with E-state index < -0.39 is 5.56 Å². The van der Waals surface area contributed by atoms with E-state index in [9.17, 15) is 14.7 Å². The quantitative estimate of drug-likeness (QED) is 0.877. The standard InChI is InChI=1S/C16H16ClN3O3/c17-12-2-1-3-13(10-12)19-4-6-20(7-5-19)16(23)11-8-14(21)18-15(22)9-11/h1-3,8-10H,4-7H2,(H2,18,21,22). The van der Waals surface area contributed by atoms with E-state index in [1.165, 1.54) is 12.1 Å². The van der Waals surface area contributed by atoms with Gasteiger partial charge in [-0.1, -0.05) is 17.7 Å². The highest BCUT2D eigenvalue weighted by molar-refractivity contribution is 6.30. The molecular weight excluding hydrogens is 318 g/mol. The number of aromatic hydroxyl groups is 1. The Bertz CT molecular complexity index is 782. The largest absolute Gasteiger partial charge is 0.494 e. The molecule has 7 heteroatoms. The van der Waals surface area contributed by atoms with Gasteiger partial charge in [0.2, 0.25) is 0 Å². The molecule has 2 N–H and O–H groups in total. The van der Waals surface area contributed by atoms with Gasteiger partial charge >= 0.3 is 0 Å². The Morgan fingerprint density at radius 2 is 1.87 bits per heavy atom. The lowest BCUT2D eigenvalue weighted by molar-refractivity contribution is 0.0746. The molecule has 2 heterocycles. The highest BCUT2D eigenvalue weighted by atomic mass is 35.5. The Morgan fingerprint density at radius 3 is 2.52 bits per heavy atom. The minimum atomic E-state index is -0.495. The lowest BCUT2D eigenvalue weighted by Crippen LogP contribution is -2.48. The van der Waals surface area contributed by atoms with Crippen LogP contribution >= 0.6 is 11.6 Å². The Hall–Kier alpha value is -2.47. The molecule has 0 radical (unpaired) electrons. The van der Waals surface area contributed by atoms with E-state index in [0.717, 1.165) is 5.69 Å². The molecule has 1 aliphatic rings. The average Bonchev–Trinajstić information content (AvgIpc) is 2.53. The first-order valence-corrected chi connectivity index (χ1v) is 7.64. The summed E-state index contributed by atoms with van der Waals surface area (Å²) in [4.78, 5) is 29.8. The summed E-state index contributed by atoms with van der Waals surface area (Å²) in [5.41, 5.74) is 0.728. The second-order valence-corrected chi connectivity index (χ2v) is 5.81. The van der Waals surface area contributed by atoms with Crippen molar-refractivity contribution in [1.29, 1.82) is 0 Å². The average molecular weight is 334 g/mol. The minimum Gasteiger partial charge on any atom is -0.494 e. The van der Waals surface area contributed by atoms with Crippen molar-refractivity contribution in [3.63, 3.8) is 0 Å². The predicted molar refractivity (Wildman–Crippen MR) is 88.3 cm³/mol. The molecule has 6 nitrogen and oxygen atoms in total. The number of rotatable bonds is 2. The van der Waals surface area contributed by atoms with E-state index in [4.69, 9.17) is 11.6 Å². The van der Waals surface area contributed by atoms with Crippen LogP contribution in [0.3, 0.4) is 0 Å². The molecule has 2 aromatic rings. The number of carbonyl (C=O) groups is 1. The number of nitrogens with one attached hydrogen (secondary N) is 1. The number of H-pyrrole nitrogens is 1. The van der Waals surface area contributed by atoms with Crippen LogP contribution in [-0.4, -0.2) is 47.1 Å². The summed E-state index contributed by atoms with van der Waals surface area (Å²) >= 11 is 6.01. The maximum atomic E-state index is 12.4. The first kappa shape index (κ1) is 15.4. The Morgan fingerprint density at radius 1 is 1.13 bits per heavy atom. The van der Waals surface area contributed by atoms with Gasteiger partial charge in [-0.05, 0) is 18.2 Å². The Kier molecular flexibility index (Phi) is 4.25. The summed E-state index contributed by atoms with van der Waals surface area (Å²) < 4.78 is 0. The maximum Gasteiger partial charge on any atom is 0.254 e. The lowest BCUT2D eigenvalue weighted by atomic mass is 10.2. The van der Waals surface area contributed by atoms with E-state index in [2.05, 4.69) is 9.88 Å². The van der Waals surface area contributed by atoms with Gasteiger partial charge in [-0.25, -0.2) is 0 Å². The van der Waals surface area contributed by atoms with Gasteiger partial charge in [0, 0.05) is 49.0 Å². The summed E-state index contributed by atoms with van der Waals surface area (Å²) in [7, 11) is 0. The Labute approximate surface area is 137 Å². The third-order valence-electron chi connectivity index (χ3n) is 3.82. The fourth-order valence-electron chi connectivity index (χ4n) is 2.68. The van der Waals surface area contributed by atoms with Crippen LogP contribution in [0.2, 0.25) is 5.02 Å². The zero-order valence-corrected chi connectivity index (χ0v) is 13.1. The molecule has 1 aliphatic heterocycles. The molecule has 0 saturated carbocycles. The zero-order valence-electron chi connectivity index (χ0n) is 12.3. The molecule has 3 rings (SSSR count). The predicted octanol–water partition coefficient (Wildman–Crippen LogP) is 1.70. The molecule has 0 unspecified atom stereocenters. The van der Waals surface area contributed by atoms with E-state index in [1.807, 2.05) is 24.3 Å². The number of nitrogens with zero attached hydrogens (tertiary/aromatic N) is 2. The third-order valence-corrected chi connectivity index (χ3v) is 4.05. The first-order valence-electron chi connectivity index (χ1n) is 7.26. The normalized spacial score (nSPS) is 14.8. The number of halogens is 1. The maximum absolute atomic E-state index is 12.4. The molecule has 1 aromatic carbocycles. The second kappa shape index (κ2) is 6.34. The number of pyridine rings is 1. The van der Waals surface area contributed by atoms with Crippen molar-refractivity contribution in [2.24, 2.45) is 0 Å². The van der Waals surface area contributed by atoms with Crippen molar-refractivity contribution in [3.8, 4) is 5.88 Å². The summed E-state index contributed by atoms with van der Waals surface area (Å²) in [5, 5.41) is 10.1. The molecule has 120 valence electrons. The van der Waals surface area contributed by atoms with Crippen LogP contribution in [0.15, 0.2) is 41.2 Å². The molecule has 1 amide bonds. The van der Waals surface area contributed by atoms with Gasteiger partial charge in [-0.3, -0.25) is 14.6 Å². The van der Waals surface area contributed by atoms with E-state index >= 15 is 0 Å². The number of anilines is 1. The Balaban J connectivity index is 1.69. The van der Waals surface area contributed by atoms with Crippen molar-refractivity contribution in [1.82, 2.24) is 9.88 Å². The van der Waals surface area contributed by atoms with Crippen molar-refractivity contribution < 1.29 is 9.90 Å². The summed E-state index contributed by atoms with van der Waals surface area (Å²) in [6, 6.07) is 10.1. The molecule has 1 aromatic heterocycles. The van der Waals surface area contributed by atoms with Crippen molar-refractivity contribution in [2.45, 2.75) is 0 Å². The minimum absolute atomic E-state index is 0.197. The summed E-state index contributed by atoms with van der Waals surface area (Å²) in [6.07, 6.45) is 0. The van der Waals surface area contributed by atoms with Gasteiger partial charge in [0.05, 0.1) is 5.56 Å². The third kappa shape index (κ3) is 3.48. The lowest BCUT2D eigenvalue weighted by Gasteiger charge is -2.36. The van der Waals surface area contributed by atoms with Gasteiger partial charge in [-0.15, -0.1) is 0 Å². The number of hydrogen-bond donors (Lipinski definition) is 2. The van der Waals surface area contributed by atoms with Crippen LogP contribution in [-0.2, 0) is 0 Å². The smallest absolute Gasteiger partial charge is 0.254 e. The number of amides is 1. The van der Waals surface area contributed by atoms with Gasteiger partial charge in [-0.2, -0.15) is 0 Å². The van der Waals surface area contributed by atoms with Crippen LogP contribution < -0.4 is 10.5 Å². The molecule has 0 atom stereocenters. The van der Waals surface area contributed by atoms with Gasteiger partial charge < -0.3 is 14.9 Å².